The molecule has 8 nitrogen and oxygen atoms in total. The summed E-state index contributed by atoms with van der Waals surface area (Å²) >= 11 is 5.88. The van der Waals surface area contributed by atoms with Gasteiger partial charge in [-0.05, 0) is 31.2 Å². The lowest BCUT2D eigenvalue weighted by Gasteiger charge is -2.13. The second-order valence-corrected chi connectivity index (χ2v) is 7.37. The first-order valence-corrected chi connectivity index (χ1v) is 10.0. The normalized spacial score (nSPS) is 11.4. The second-order valence-electron chi connectivity index (χ2n) is 7.01. The molecule has 1 aromatic carbocycles. The average Bonchev–Trinajstić information content (AvgIpc) is 3.18. The number of halogens is 4. The maximum absolute atomic E-state index is 13.5. The first-order chi connectivity index (χ1) is 16.1. The predicted molar refractivity (Wildman–Crippen MR) is 115 cm³/mol. The quantitative estimate of drug-likeness (QED) is 0.308. The van der Waals surface area contributed by atoms with Gasteiger partial charge in [0.2, 0.25) is 0 Å². The predicted octanol–water partition coefficient (Wildman–Crippen LogP) is 5.06. The number of rotatable bonds is 5. The van der Waals surface area contributed by atoms with Gasteiger partial charge in [-0.25, -0.2) is 14.8 Å². The Morgan fingerprint density at radius 3 is 2.68 bits per heavy atom. The summed E-state index contributed by atoms with van der Waals surface area (Å²) in [6.07, 6.45) is -3.22. The van der Waals surface area contributed by atoms with Crippen molar-refractivity contribution in [2.24, 2.45) is 0 Å². The van der Waals surface area contributed by atoms with Gasteiger partial charge in [0.15, 0.2) is 11.8 Å². The molecule has 0 atom stereocenters. The molecule has 4 aromatic rings. The third kappa shape index (κ3) is 4.69. The van der Waals surface area contributed by atoms with Gasteiger partial charge < -0.3 is 14.6 Å². The van der Waals surface area contributed by atoms with Crippen molar-refractivity contribution < 1.29 is 32.0 Å². The summed E-state index contributed by atoms with van der Waals surface area (Å²) in [6, 6.07) is 8.98. The van der Waals surface area contributed by atoms with Gasteiger partial charge in [0, 0.05) is 11.8 Å². The lowest BCUT2D eigenvalue weighted by Crippen LogP contribution is -2.21. The van der Waals surface area contributed by atoms with Crippen LogP contribution >= 0.6 is 11.6 Å². The molecular formula is C22H14ClF3N4O4. The summed E-state index contributed by atoms with van der Waals surface area (Å²) in [4.78, 5) is 32.9. The number of aromatic nitrogens is 3. The van der Waals surface area contributed by atoms with E-state index < -0.39 is 30.2 Å². The highest BCUT2D eigenvalue weighted by atomic mass is 35.5. The maximum atomic E-state index is 13.5. The minimum atomic E-state index is -4.66. The number of carbonyl (C=O) groups is 2. The van der Waals surface area contributed by atoms with Crippen LogP contribution in [0.15, 0.2) is 53.2 Å². The number of hydrogen-bond donors (Lipinski definition) is 1. The molecule has 1 amide bonds. The fraction of sp³-hybridized carbons (Fsp3) is 0.136. The van der Waals surface area contributed by atoms with Crippen molar-refractivity contribution in [1.82, 2.24) is 15.1 Å². The summed E-state index contributed by atoms with van der Waals surface area (Å²) in [5, 5.41) is 6.39. The minimum Gasteiger partial charge on any atom is -0.452 e. The van der Waals surface area contributed by atoms with Crippen LogP contribution in [-0.4, -0.2) is 33.6 Å². The first kappa shape index (κ1) is 23.2. The molecule has 34 heavy (non-hydrogen) atoms. The van der Waals surface area contributed by atoms with Crippen LogP contribution in [-0.2, 0) is 15.7 Å². The zero-order valence-corrected chi connectivity index (χ0v) is 18.1. The van der Waals surface area contributed by atoms with Crippen molar-refractivity contribution in [2.45, 2.75) is 13.1 Å². The monoisotopic (exact) mass is 490 g/mol. The Kier molecular flexibility index (Phi) is 6.20. The van der Waals surface area contributed by atoms with Gasteiger partial charge in [0.05, 0.1) is 33.6 Å². The topological polar surface area (TPSA) is 107 Å². The molecule has 3 heterocycles. The fourth-order valence-electron chi connectivity index (χ4n) is 3.22. The lowest BCUT2D eigenvalue weighted by atomic mass is 10.0. The van der Waals surface area contributed by atoms with E-state index in [0.717, 1.165) is 12.1 Å². The smallest absolute Gasteiger partial charge is 0.417 e. The highest BCUT2D eigenvalue weighted by molar-refractivity contribution is 6.32. The molecule has 174 valence electrons. The van der Waals surface area contributed by atoms with Gasteiger partial charge in [0.25, 0.3) is 11.6 Å². The van der Waals surface area contributed by atoms with E-state index in [9.17, 15) is 22.8 Å². The average molecular weight is 491 g/mol. The molecule has 1 N–H and O–H groups in total. The van der Waals surface area contributed by atoms with E-state index in [1.807, 2.05) is 0 Å². The SMILES string of the molecule is Cc1noc2nc(-c3ccccc3C(F)(F)F)cc(C(=O)OCC(=O)Nc3cccnc3Cl)c12. The molecule has 0 spiro atoms. The van der Waals surface area contributed by atoms with Crippen molar-refractivity contribution in [3.05, 3.63) is 70.6 Å². The molecule has 0 radical (unpaired) electrons. The number of carbonyl (C=O) groups excluding carboxylic acids is 2. The molecule has 4 rings (SSSR count). The van der Waals surface area contributed by atoms with Gasteiger partial charge in [-0.1, -0.05) is 35.0 Å². The van der Waals surface area contributed by atoms with E-state index in [0.29, 0.717) is 0 Å². The van der Waals surface area contributed by atoms with Gasteiger partial charge in [-0.2, -0.15) is 13.2 Å². The van der Waals surface area contributed by atoms with Crippen LogP contribution < -0.4 is 5.32 Å². The Morgan fingerprint density at radius 1 is 1.18 bits per heavy atom. The van der Waals surface area contributed by atoms with Crippen LogP contribution in [0.1, 0.15) is 21.6 Å². The van der Waals surface area contributed by atoms with E-state index in [-0.39, 0.29) is 44.5 Å². The molecule has 0 aliphatic heterocycles. The Morgan fingerprint density at radius 2 is 1.94 bits per heavy atom. The second kappa shape index (κ2) is 9.10. The Balaban J connectivity index is 1.65. The summed E-state index contributed by atoms with van der Waals surface area (Å²) in [7, 11) is 0. The van der Waals surface area contributed by atoms with Gasteiger partial charge in [0.1, 0.15) is 0 Å². The van der Waals surface area contributed by atoms with E-state index in [1.54, 1.807) is 6.07 Å². The zero-order valence-electron chi connectivity index (χ0n) is 17.3. The summed E-state index contributed by atoms with van der Waals surface area (Å²) in [5.41, 5.74) is -1.17. The summed E-state index contributed by atoms with van der Waals surface area (Å²) in [5.74, 6) is -1.67. The maximum Gasteiger partial charge on any atom is 0.417 e. The van der Waals surface area contributed by atoms with Crippen LogP contribution in [0.4, 0.5) is 18.9 Å². The summed E-state index contributed by atoms with van der Waals surface area (Å²) in [6.45, 7) is 0.845. The molecule has 0 saturated carbocycles. The number of amides is 1. The van der Waals surface area contributed by atoms with E-state index in [1.165, 1.54) is 37.4 Å². The number of esters is 1. The third-order valence-corrected chi connectivity index (χ3v) is 5.01. The number of pyridine rings is 2. The largest absolute Gasteiger partial charge is 0.452 e. The van der Waals surface area contributed by atoms with Gasteiger partial charge in [-0.15, -0.1) is 0 Å². The first-order valence-electron chi connectivity index (χ1n) is 9.66. The molecule has 0 aliphatic rings. The number of hydrogen-bond acceptors (Lipinski definition) is 7. The van der Waals surface area contributed by atoms with E-state index >= 15 is 0 Å². The Hall–Kier alpha value is -3.99. The molecular weight excluding hydrogens is 477 g/mol. The Bertz CT molecular complexity index is 1400. The molecule has 12 heteroatoms. The van der Waals surface area contributed by atoms with Crippen molar-refractivity contribution in [1.29, 1.82) is 0 Å². The van der Waals surface area contributed by atoms with Crippen LogP contribution in [0, 0.1) is 6.92 Å². The molecule has 0 unspecified atom stereocenters. The highest BCUT2D eigenvalue weighted by Crippen LogP contribution is 2.37. The van der Waals surface area contributed by atoms with Crippen molar-refractivity contribution >= 4 is 40.3 Å². The van der Waals surface area contributed by atoms with Crippen LogP contribution in [0.25, 0.3) is 22.4 Å². The number of nitrogens with zero attached hydrogens (tertiary/aromatic N) is 3. The molecule has 0 fully saturated rings. The molecule has 3 aromatic heterocycles. The van der Waals surface area contributed by atoms with E-state index in [2.05, 4.69) is 20.4 Å². The molecule has 0 bridgehead atoms. The number of fused-ring (bicyclic) bond motifs is 1. The van der Waals surface area contributed by atoms with Gasteiger partial charge >= 0.3 is 12.1 Å². The van der Waals surface area contributed by atoms with Crippen molar-refractivity contribution in [3.8, 4) is 11.3 Å². The highest BCUT2D eigenvalue weighted by Gasteiger charge is 2.34. The number of benzene rings is 1. The van der Waals surface area contributed by atoms with Crippen LogP contribution in [0.2, 0.25) is 5.15 Å². The summed E-state index contributed by atoms with van der Waals surface area (Å²) < 4.78 is 50.7. The van der Waals surface area contributed by atoms with Crippen LogP contribution in [0.5, 0.6) is 0 Å². The van der Waals surface area contributed by atoms with Gasteiger partial charge in [-0.3, -0.25) is 4.79 Å². The zero-order chi connectivity index (χ0) is 24.5. The minimum absolute atomic E-state index is 0.0473. The van der Waals surface area contributed by atoms with Crippen molar-refractivity contribution in [3.63, 3.8) is 0 Å². The number of anilines is 1. The Labute approximate surface area is 194 Å². The van der Waals surface area contributed by atoms with Crippen molar-refractivity contribution in [2.75, 3.05) is 11.9 Å². The number of ether oxygens (including phenoxy) is 1. The third-order valence-electron chi connectivity index (χ3n) is 4.71. The number of aryl methyl sites for hydroxylation is 1. The lowest BCUT2D eigenvalue weighted by molar-refractivity contribution is -0.137. The standard InChI is InChI=1S/C22H14ClF3N4O4/c1-11-18-13(21(32)33-10-17(31)28-15-7-4-8-27-19(15)23)9-16(29-20(18)34-30-11)12-5-2-3-6-14(12)22(24,25)26/h2-9H,10H2,1H3,(H,28,31). The fourth-order valence-corrected chi connectivity index (χ4v) is 3.39. The molecule has 0 saturated heterocycles. The van der Waals surface area contributed by atoms with E-state index in [4.69, 9.17) is 20.9 Å². The number of nitrogens with one attached hydrogen (secondary N) is 1. The van der Waals surface area contributed by atoms with Crippen LogP contribution in [0.3, 0.4) is 0 Å². The molecule has 0 aliphatic carbocycles. The number of alkyl halides is 3.